The molecule has 0 heterocycles. The monoisotopic (exact) mass is 282 g/mol. The van der Waals surface area contributed by atoms with E-state index in [2.05, 4.69) is 0 Å². The van der Waals surface area contributed by atoms with Crippen LogP contribution in [-0.4, -0.2) is 18.2 Å². The van der Waals surface area contributed by atoms with E-state index in [1.54, 1.807) is 18.2 Å². The predicted molar refractivity (Wildman–Crippen MR) is 82.6 cm³/mol. The van der Waals surface area contributed by atoms with Crippen molar-refractivity contribution in [2.75, 3.05) is 7.11 Å². The van der Waals surface area contributed by atoms with Gasteiger partial charge in [-0.1, -0.05) is 54.6 Å². The van der Waals surface area contributed by atoms with E-state index in [1.807, 2.05) is 49.4 Å². The summed E-state index contributed by atoms with van der Waals surface area (Å²) in [5, 5.41) is 10.5. The highest BCUT2D eigenvalue weighted by atomic mass is 16.5. The molecule has 1 N–H and O–H groups in total. The van der Waals surface area contributed by atoms with Gasteiger partial charge in [-0.3, -0.25) is 0 Å². The van der Waals surface area contributed by atoms with E-state index < -0.39 is 12.1 Å². The molecule has 0 radical (unpaired) electrons. The fourth-order valence-electron chi connectivity index (χ4n) is 2.10. The minimum Gasteiger partial charge on any atom is -0.466 e. The molecule has 0 aliphatic carbocycles. The Morgan fingerprint density at radius 3 is 2.33 bits per heavy atom. The zero-order chi connectivity index (χ0) is 15.2. The molecule has 3 nitrogen and oxygen atoms in total. The lowest BCUT2D eigenvalue weighted by atomic mass is 9.98. The molecule has 0 amide bonds. The number of ether oxygens (including phenoxy) is 1. The summed E-state index contributed by atoms with van der Waals surface area (Å²) in [4.78, 5) is 12.0. The molecular formula is C18H18O3. The Labute approximate surface area is 124 Å². The number of aliphatic hydroxyl groups excluding tert-OH is 1. The minimum atomic E-state index is -1.02. The van der Waals surface area contributed by atoms with Crippen molar-refractivity contribution in [1.29, 1.82) is 0 Å². The van der Waals surface area contributed by atoms with Gasteiger partial charge in [0, 0.05) is 0 Å². The quantitative estimate of drug-likeness (QED) is 0.691. The molecule has 0 aliphatic heterocycles. The van der Waals surface area contributed by atoms with Crippen LogP contribution in [0.5, 0.6) is 0 Å². The van der Waals surface area contributed by atoms with Crippen LogP contribution in [0.2, 0.25) is 0 Å². The van der Waals surface area contributed by atoms with Crippen LogP contribution in [0, 0.1) is 6.92 Å². The van der Waals surface area contributed by atoms with E-state index in [0.717, 1.165) is 11.1 Å². The summed E-state index contributed by atoms with van der Waals surface area (Å²) in [7, 11) is 1.31. The highest BCUT2D eigenvalue weighted by molar-refractivity contribution is 5.95. The molecule has 0 spiro atoms. The van der Waals surface area contributed by atoms with Crippen molar-refractivity contribution in [3.05, 3.63) is 76.9 Å². The second-order valence-electron chi connectivity index (χ2n) is 4.76. The van der Waals surface area contributed by atoms with Gasteiger partial charge in [0.15, 0.2) is 0 Å². The third-order valence-corrected chi connectivity index (χ3v) is 3.33. The molecular weight excluding hydrogens is 264 g/mol. The van der Waals surface area contributed by atoms with Crippen molar-refractivity contribution in [3.63, 3.8) is 0 Å². The molecule has 21 heavy (non-hydrogen) atoms. The standard InChI is InChI=1S/C18H18O3/c1-13-8-6-7-11-15(13)12-16(18(20)21-2)17(19)14-9-4-3-5-10-14/h3-12,17,19H,1-2H3/b16-12-. The van der Waals surface area contributed by atoms with E-state index in [1.165, 1.54) is 7.11 Å². The summed E-state index contributed by atoms with van der Waals surface area (Å²) >= 11 is 0. The van der Waals surface area contributed by atoms with E-state index in [0.29, 0.717) is 5.56 Å². The molecule has 0 aromatic heterocycles. The third-order valence-electron chi connectivity index (χ3n) is 3.33. The Hall–Kier alpha value is -2.39. The van der Waals surface area contributed by atoms with Gasteiger partial charge in [0.05, 0.1) is 12.7 Å². The molecule has 2 aromatic carbocycles. The van der Waals surface area contributed by atoms with Gasteiger partial charge in [0.1, 0.15) is 6.10 Å². The molecule has 0 bridgehead atoms. The number of carbonyl (C=O) groups excluding carboxylic acids is 1. The number of methoxy groups -OCH3 is 1. The maximum absolute atomic E-state index is 12.0. The molecule has 108 valence electrons. The van der Waals surface area contributed by atoms with Crippen molar-refractivity contribution in [2.24, 2.45) is 0 Å². The van der Waals surface area contributed by atoms with Crippen molar-refractivity contribution >= 4 is 12.0 Å². The van der Waals surface area contributed by atoms with Gasteiger partial charge >= 0.3 is 5.97 Å². The number of hydrogen-bond acceptors (Lipinski definition) is 3. The van der Waals surface area contributed by atoms with Gasteiger partial charge in [-0.25, -0.2) is 4.79 Å². The number of aryl methyl sites for hydroxylation is 1. The molecule has 2 rings (SSSR count). The summed E-state index contributed by atoms with van der Waals surface area (Å²) in [5.41, 5.74) is 2.78. The lowest BCUT2D eigenvalue weighted by Gasteiger charge is -2.14. The number of benzene rings is 2. The minimum absolute atomic E-state index is 0.220. The fourth-order valence-corrected chi connectivity index (χ4v) is 2.10. The van der Waals surface area contributed by atoms with Gasteiger partial charge in [0.2, 0.25) is 0 Å². The summed E-state index contributed by atoms with van der Waals surface area (Å²) in [6, 6.07) is 16.7. The molecule has 0 saturated carbocycles. The summed E-state index contributed by atoms with van der Waals surface area (Å²) in [6.07, 6.45) is 0.664. The molecule has 1 unspecified atom stereocenters. The smallest absolute Gasteiger partial charge is 0.336 e. The summed E-state index contributed by atoms with van der Waals surface area (Å²) in [6.45, 7) is 1.95. The zero-order valence-corrected chi connectivity index (χ0v) is 12.1. The SMILES string of the molecule is COC(=O)/C(=C\c1ccccc1C)C(O)c1ccccc1. The van der Waals surface area contributed by atoms with Crippen molar-refractivity contribution in [1.82, 2.24) is 0 Å². The Kier molecular flexibility index (Phi) is 4.90. The Morgan fingerprint density at radius 2 is 1.71 bits per heavy atom. The van der Waals surface area contributed by atoms with Crippen LogP contribution in [0.15, 0.2) is 60.2 Å². The average molecular weight is 282 g/mol. The normalized spacial score (nSPS) is 12.8. The Balaban J connectivity index is 2.45. The second-order valence-corrected chi connectivity index (χ2v) is 4.76. The maximum Gasteiger partial charge on any atom is 0.336 e. The van der Waals surface area contributed by atoms with E-state index in [-0.39, 0.29) is 5.57 Å². The van der Waals surface area contributed by atoms with Gasteiger partial charge in [-0.2, -0.15) is 0 Å². The van der Waals surface area contributed by atoms with Gasteiger partial charge in [-0.05, 0) is 29.7 Å². The number of carbonyl (C=O) groups is 1. The Bertz CT molecular complexity index is 645. The molecule has 3 heteroatoms. The Morgan fingerprint density at radius 1 is 1.10 bits per heavy atom. The molecule has 0 saturated heterocycles. The fraction of sp³-hybridized carbons (Fsp3) is 0.167. The molecule has 0 fully saturated rings. The average Bonchev–Trinajstić information content (AvgIpc) is 2.53. The number of aliphatic hydroxyl groups is 1. The first-order chi connectivity index (χ1) is 10.1. The lowest BCUT2D eigenvalue weighted by molar-refractivity contribution is -0.137. The zero-order valence-electron chi connectivity index (χ0n) is 12.1. The molecule has 0 aliphatic rings. The molecule has 2 aromatic rings. The first kappa shape index (κ1) is 15.0. The highest BCUT2D eigenvalue weighted by Crippen LogP contribution is 2.25. The predicted octanol–water partition coefficient (Wildman–Crippen LogP) is 3.29. The lowest BCUT2D eigenvalue weighted by Crippen LogP contribution is -2.13. The summed E-state index contributed by atoms with van der Waals surface area (Å²) in [5.74, 6) is -0.533. The largest absolute Gasteiger partial charge is 0.466 e. The van der Waals surface area contributed by atoms with Crippen LogP contribution in [-0.2, 0) is 9.53 Å². The van der Waals surface area contributed by atoms with Crippen LogP contribution < -0.4 is 0 Å². The van der Waals surface area contributed by atoms with Crippen LogP contribution >= 0.6 is 0 Å². The van der Waals surface area contributed by atoms with E-state index in [4.69, 9.17) is 4.74 Å². The van der Waals surface area contributed by atoms with Crippen molar-refractivity contribution in [3.8, 4) is 0 Å². The van der Waals surface area contributed by atoms with E-state index >= 15 is 0 Å². The number of esters is 1. The maximum atomic E-state index is 12.0. The van der Waals surface area contributed by atoms with Crippen molar-refractivity contribution in [2.45, 2.75) is 13.0 Å². The second kappa shape index (κ2) is 6.86. The highest BCUT2D eigenvalue weighted by Gasteiger charge is 2.21. The van der Waals surface area contributed by atoms with Crippen LogP contribution in [0.4, 0.5) is 0 Å². The molecule has 1 atom stereocenters. The first-order valence-corrected chi connectivity index (χ1v) is 6.72. The van der Waals surface area contributed by atoms with Crippen molar-refractivity contribution < 1.29 is 14.6 Å². The third kappa shape index (κ3) is 3.58. The number of rotatable bonds is 4. The van der Waals surface area contributed by atoms with Crippen LogP contribution in [0.25, 0.3) is 6.08 Å². The number of hydrogen-bond donors (Lipinski definition) is 1. The van der Waals surface area contributed by atoms with Gasteiger partial charge < -0.3 is 9.84 Å². The topological polar surface area (TPSA) is 46.5 Å². The van der Waals surface area contributed by atoms with Gasteiger partial charge in [0.25, 0.3) is 0 Å². The van der Waals surface area contributed by atoms with E-state index in [9.17, 15) is 9.90 Å². The van der Waals surface area contributed by atoms with Crippen LogP contribution in [0.1, 0.15) is 22.8 Å². The first-order valence-electron chi connectivity index (χ1n) is 6.72. The summed E-state index contributed by atoms with van der Waals surface area (Å²) < 4.78 is 4.80. The van der Waals surface area contributed by atoms with Crippen LogP contribution in [0.3, 0.4) is 0 Å². The van der Waals surface area contributed by atoms with Gasteiger partial charge in [-0.15, -0.1) is 0 Å².